The summed E-state index contributed by atoms with van der Waals surface area (Å²) in [5, 5.41) is 0. The molecule has 0 bridgehead atoms. The number of hydrogen-bond donors (Lipinski definition) is 0. The Balaban J connectivity index is 2.00. The van der Waals surface area contributed by atoms with E-state index < -0.39 is 5.60 Å². The molecule has 6 heteroatoms. The van der Waals surface area contributed by atoms with Gasteiger partial charge in [-0.05, 0) is 61.3 Å². The molecule has 0 aromatic rings. The van der Waals surface area contributed by atoms with Crippen LogP contribution in [-0.4, -0.2) is 48.0 Å². The standard InChI is InChI=1S/C17H30BNO4/c1-15(2,3)21-14(20)19-10-8-9-13(12-19)11-18-22-16(4,5)17(6,7)23-18/h11H,8-10,12H2,1-7H3. The second-order valence-electron chi connectivity index (χ2n) is 8.46. The Labute approximate surface area is 140 Å². The minimum absolute atomic E-state index is 0.253. The molecule has 0 saturated carbocycles. The van der Waals surface area contributed by atoms with E-state index in [1.807, 2.05) is 54.4 Å². The Morgan fingerprint density at radius 3 is 2.30 bits per heavy atom. The molecule has 0 spiro atoms. The van der Waals surface area contributed by atoms with Gasteiger partial charge in [0.1, 0.15) is 5.60 Å². The summed E-state index contributed by atoms with van der Waals surface area (Å²) in [6.45, 7) is 15.1. The van der Waals surface area contributed by atoms with Crippen LogP contribution in [0.5, 0.6) is 0 Å². The number of carbonyl (C=O) groups excluding carboxylic acids is 1. The Bertz CT molecular complexity index is 477. The van der Waals surface area contributed by atoms with Crippen LogP contribution in [0.2, 0.25) is 0 Å². The van der Waals surface area contributed by atoms with Gasteiger partial charge >= 0.3 is 13.2 Å². The first-order valence-electron chi connectivity index (χ1n) is 8.43. The van der Waals surface area contributed by atoms with Gasteiger partial charge < -0.3 is 18.9 Å². The van der Waals surface area contributed by atoms with Gasteiger partial charge in [0.15, 0.2) is 0 Å². The molecule has 130 valence electrons. The molecule has 0 aromatic carbocycles. The zero-order valence-corrected chi connectivity index (χ0v) is 15.6. The maximum atomic E-state index is 12.2. The number of amides is 1. The summed E-state index contributed by atoms with van der Waals surface area (Å²) >= 11 is 0. The molecule has 2 heterocycles. The predicted molar refractivity (Wildman–Crippen MR) is 91.2 cm³/mol. The third kappa shape index (κ3) is 4.51. The van der Waals surface area contributed by atoms with Crippen molar-refractivity contribution in [3.8, 4) is 0 Å². The van der Waals surface area contributed by atoms with Crippen molar-refractivity contribution < 1.29 is 18.8 Å². The summed E-state index contributed by atoms with van der Waals surface area (Å²) < 4.78 is 17.5. The van der Waals surface area contributed by atoms with Gasteiger partial charge in [-0.2, -0.15) is 0 Å². The van der Waals surface area contributed by atoms with E-state index in [0.717, 1.165) is 19.4 Å². The van der Waals surface area contributed by atoms with Gasteiger partial charge in [0.05, 0.1) is 11.2 Å². The maximum absolute atomic E-state index is 12.2. The topological polar surface area (TPSA) is 48.0 Å². The average Bonchev–Trinajstić information content (AvgIpc) is 2.55. The third-order valence-electron chi connectivity index (χ3n) is 4.61. The van der Waals surface area contributed by atoms with Crippen LogP contribution in [0, 0.1) is 0 Å². The Hall–Kier alpha value is -1.01. The summed E-state index contributed by atoms with van der Waals surface area (Å²) in [7, 11) is -0.353. The van der Waals surface area contributed by atoms with Crippen molar-refractivity contribution in [2.45, 2.75) is 78.1 Å². The van der Waals surface area contributed by atoms with E-state index in [4.69, 9.17) is 14.0 Å². The van der Waals surface area contributed by atoms with Crippen molar-refractivity contribution in [1.29, 1.82) is 0 Å². The van der Waals surface area contributed by atoms with E-state index in [1.54, 1.807) is 4.90 Å². The Morgan fingerprint density at radius 1 is 1.22 bits per heavy atom. The lowest BCUT2D eigenvalue weighted by molar-refractivity contribution is 0.00578. The lowest BCUT2D eigenvalue weighted by Crippen LogP contribution is -2.41. The first-order chi connectivity index (χ1) is 10.4. The van der Waals surface area contributed by atoms with Gasteiger partial charge in [-0.15, -0.1) is 0 Å². The maximum Gasteiger partial charge on any atom is 0.487 e. The molecule has 0 atom stereocenters. The van der Waals surface area contributed by atoms with E-state index in [0.29, 0.717) is 6.54 Å². The van der Waals surface area contributed by atoms with E-state index in [9.17, 15) is 4.79 Å². The highest BCUT2D eigenvalue weighted by Gasteiger charge is 2.50. The second kappa shape index (κ2) is 6.13. The highest BCUT2D eigenvalue weighted by molar-refractivity contribution is 6.51. The third-order valence-corrected chi connectivity index (χ3v) is 4.61. The number of nitrogens with zero attached hydrogens (tertiary/aromatic N) is 1. The van der Waals surface area contributed by atoms with Gasteiger partial charge in [0.25, 0.3) is 0 Å². The van der Waals surface area contributed by atoms with Crippen LogP contribution in [0.15, 0.2) is 11.5 Å². The largest absolute Gasteiger partial charge is 0.487 e. The monoisotopic (exact) mass is 323 g/mol. The highest BCUT2D eigenvalue weighted by Crippen LogP contribution is 2.37. The number of likely N-dealkylation sites (tertiary alicyclic amines) is 1. The molecule has 2 fully saturated rings. The van der Waals surface area contributed by atoms with Crippen molar-refractivity contribution in [1.82, 2.24) is 4.90 Å². The summed E-state index contributed by atoms with van der Waals surface area (Å²) in [5.41, 5.74) is 0.0210. The zero-order chi connectivity index (χ0) is 17.5. The number of piperidine rings is 1. The molecule has 0 radical (unpaired) electrons. The van der Waals surface area contributed by atoms with Crippen LogP contribution in [-0.2, 0) is 14.0 Å². The normalized spacial score (nSPS) is 25.8. The molecule has 5 nitrogen and oxygen atoms in total. The van der Waals surface area contributed by atoms with Gasteiger partial charge in [0.2, 0.25) is 0 Å². The van der Waals surface area contributed by atoms with Crippen LogP contribution in [0.3, 0.4) is 0 Å². The summed E-state index contributed by atoms with van der Waals surface area (Å²) in [6.07, 6.45) is 1.64. The molecular formula is C17H30BNO4. The number of rotatable bonds is 1. The van der Waals surface area contributed by atoms with Crippen LogP contribution < -0.4 is 0 Å². The fourth-order valence-electron chi connectivity index (χ4n) is 2.67. The summed E-state index contributed by atoms with van der Waals surface area (Å²) in [4.78, 5) is 14.0. The minimum atomic E-state index is -0.468. The van der Waals surface area contributed by atoms with Crippen LogP contribution >= 0.6 is 0 Å². The quantitative estimate of drug-likeness (QED) is 0.692. The van der Waals surface area contributed by atoms with Crippen molar-refractivity contribution in [3.05, 3.63) is 11.5 Å². The van der Waals surface area contributed by atoms with Crippen LogP contribution in [0.25, 0.3) is 0 Å². The van der Waals surface area contributed by atoms with Gasteiger partial charge in [0, 0.05) is 13.1 Å². The van der Waals surface area contributed by atoms with E-state index in [2.05, 4.69) is 0 Å². The zero-order valence-electron chi connectivity index (χ0n) is 15.6. The smallest absolute Gasteiger partial charge is 0.444 e. The lowest BCUT2D eigenvalue weighted by atomic mass is 9.85. The molecule has 23 heavy (non-hydrogen) atoms. The SMILES string of the molecule is CC(C)(C)OC(=O)N1CCCC(=CB2OC(C)(C)C(C)(C)O2)C1. The van der Waals surface area contributed by atoms with Crippen LogP contribution in [0.1, 0.15) is 61.3 Å². The predicted octanol–water partition coefficient (Wildman–Crippen LogP) is 3.58. The van der Waals surface area contributed by atoms with Gasteiger partial charge in [-0.1, -0.05) is 11.5 Å². The highest BCUT2D eigenvalue weighted by atomic mass is 16.7. The first kappa shape index (κ1) is 18.3. The molecule has 2 aliphatic rings. The Kier molecular flexibility index (Phi) is 4.89. The molecule has 1 amide bonds. The number of ether oxygens (including phenoxy) is 1. The molecule has 0 N–H and O–H groups in total. The van der Waals surface area contributed by atoms with Crippen molar-refractivity contribution in [2.24, 2.45) is 0 Å². The first-order valence-corrected chi connectivity index (χ1v) is 8.43. The van der Waals surface area contributed by atoms with E-state index in [1.165, 1.54) is 5.57 Å². The van der Waals surface area contributed by atoms with Crippen molar-refractivity contribution in [3.63, 3.8) is 0 Å². The summed E-state index contributed by atoms with van der Waals surface area (Å²) in [5.74, 6) is 2.02. The fourth-order valence-corrected chi connectivity index (χ4v) is 2.67. The van der Waals surface area contributed by atoms with Crippen molar-refractivity contribution >= 4 is 13.2 Å². The summed E-state index contributed by atoms with van der Waals surface area (Å²) in [6, 6.07) is 0. The molecular weight excluding hydrogens is 293 g/mol. The van der Waals surface area contributed by atoms with Crippen molar-refractivity contribution in [2.75, 3.05) is 13.1 Å². The second-order valence-corrected chi connectivity index (χ2v) is 8.46. The number of hydrogen-bond acceptors (Lipinski definition) is 4. The molecule has 2 rings (SSSR count). The van der Waals surface area contributed by atoms with Gasteiger partial charge in [-0.25, -0.2) is 4.79 Å². The molecule has 0 aromatic heterocycles. The Morgan fingerprint density at radius 2 is 1.78 bits per heavy atom. The van der Waals surface area contributed by atoms with E-state index >= 15 is 0 Å². The molecule has 0 aliphatic carbocycles. The van der Waals surface area contributed by atoms with Gasteiger partial charge in [-0.3, -0.25) is 0 Å². The minimum Gasteiger partial charge on any atom is -0.444 e. The lowest BCUT2D eigenvalue weighted by Gasteiger charge is -2.32. The molecule has 2 saturated heterocycles. The molecule has 2 aliphatic heterocycles. The molecule has 0 unspecified atom stereocenters. The fraction of sp³-hybridized carbons (Fsp3) is 0.824. The number of carbonyl (C=O) groups is 1. The average molecular weight is 323 g/mol. The van der Waals surface area contributed by atoms with Crippen LogP contribution in [0.4, 0.5) is 4.79 Å². The van der Waals surface area contributed by atoms with E-state index in [-0.39, 0.29) is 24.4 Å².